The third-order valence-electron chi connectivity index (χ3n) is 3.17. The molecule has 3 rings (SSSR count). The number of pyridine rings is 1. The molecule has 6 nitrogen and oxygen atoms in total. The molecule has 1 atom stereocenters. The first kappa shape index (κ1) is 10.9. The molecule has 0 aliphatic carbocycles. The molecule has 0 bridgehead atoms. The van der Waals surface area contributed by atoms with E-state index in [0.717, 1.165) is 19.6 Å². The second kappa shape index (κ2) is 3.94. The van der Waals surface area contributed by atoms with Gasteiger partial charge in [-0.25, -0.2) is 18.1 Å². The molecule has 1 aromatic rings. The minimum Gasteiger partial charge on any atom is -0.349 e. The second-order valence-corrected chi connectivity index (χ2v) is 5.96. The number of piperazine rings is 1. The van der Waals surface area contributed by atoms with E-state index in [1.807, 2.05) is 0 Å². The van der Waals surface area contributed by atoms with Crippen LogP contribution in [0.2, 0.25) is 0 Å². The number of nitrogens with zero attached hydrogens (tertiary/aromatic N) is 2. The van der Waals surface area contributed by atoms with Crippen LogP contribution in [0.3, 0.4) is 0 Å². The summed E-state index contributed by atoms with van der Waals surface area (Å²) >= 11 is 0. The molecule has 1 aromatic heterocycles. The minimum atomic E-state index is -3.42. The molecule has 2 aliphatic heterocycles. The monoisotopic (exact) mass is 254 g/mol. The maximum Gasteiger partial charge on any atom is 0.244 e. The molecule has 0 saturated carbocycles. The van der Waals surface area contributed by atoms with Gasteiger partial charge in [-0.1, -0.05) is 0 Å². The quantitative estimate of drug-likeness (QED) is 0.631. The Hall–Kier alpha value is -1.18. The van der Waals surface area contributed by atoms with Gasteiger partial charge in [-0.3, -0.25) is 0 Å². The smallest absolute Gasteiger partial charge is 0.244 e. The molecule has 2 N–H and O–H groups in total. The number of hydrogen-bond acceptors (Lipinski definition) is 5. The summed E-state index contributed by atoms with van der Waals surface area (Å²) in [6.07, 6.45) is 1.64. The van der Waals surface area contributed by atoms with E-state index in [1.165, 1.54) is 0 Å². The molecule has 0 amide bonds. The topological polar surface area (TPSA) is 74.3 Å². The van der Waals surface area contributed by atoms with Gasteiger partial charge in [0, 0.05) is 32.4 Å². The van der Waals surface area contributed by atoms with Crippen molar-refractivity contribution in [2.75, 3.05) is 31.1 Å². The number of hydrogen-bond donors (Lipinski definition) is 2. The Morgan fingerprint density at radius 3 is 3.18 bits per heavy atom. The normalized spacial score (nSPS) is 26.8. The average Bonchev–Trinajstić information content (AvgIpc) is 2.47. The summed E-state index contributed by atoms with van der Waals surface area (Å²) in [4.78, 5) is 6.59. The molecular formula is C10H14N4O2S. The van der Waals surface area contributed by atoms with Crippen LogP contribution in [0.5, 0.6) is 0 Å². The van der Waals surface area contributed by atoms with Crippen molar-refractivity contribution in [3.63, 3.8) is 0 Å². The summed E-state index contributed by atoms with van der Waals surface area (Å²) in [7, 11) is -3.42. The zero-order chi connectivity index (χ0) is 11.9. The summed E-state index contributed by atoms with van der Waals surface area (Å²) in [5.41, 5.74) is 0. The Morgan fingerprint density at radius 1 is 1.41 bits per heavy atom. The van der Waals surface area contributed by atoms with Crippen molar-refractivity contribution in [1.82, 2.24) is 15.0 Å². The SMILES string of the molecule is O=S1(=O)NCC2CNCCN2c2ncccc21. The van der Waals surface area contributed by atoms with Crippen molar-refractivity contribution in [3.8, 4) is 0 Å². The lowest BCUT2D eigenvalue weighted by Crippen LogP contribution is -2.54. The van der Waals surface area contributed by atoms with Crippen LogP contribution in [0.15, 0.2) is 23.2 Å². The van der Waals surface area contributed by atoms with E-state index in [1.54, 1.807) is 18.3 Å². The van der Waals surface area contributed by atoms with Crippen molar-refractivity contribution in [2.45, 2.75) is 10.9 Å². The van der Waals surface area contributed by atoms with Crippen LogP contribution in [0.1, 0.15) is 0 Å². The van der Waals surface area contributed by atoms with Gasteiger partial charge in [-0.2, -0.15) is 0 Å². The second-order valence-electron chi connectivity index (χ2n) is 4.23. The van der Waals surface area contributed by atoms with Gasteiger partial charge in [0.15, 0.2) is 0 Å². The number of aromatic nitrogens is 1. The van der Waals surface area contributed by atoms with Crippen LogP contribution in [-0.2, 0) is 10.0 Å². The average molecular weight is 254 g/mol. The summed E-state index contributed by atoms with van der Waals surface area (Å²) in [6, 6.07) is 3.39. The third-order valence-corrected chi connectivity index (χ3v) is 4.62. The number of nitrogens with one attached hydrogen (secondary N) is 2. The van der Waals surface area contributed by atoms with E-state index in [4.69, 9.17) is 0 Å². The van der Waals surface area contributed by atoms with E-state index in [2.05, 4.69) is 19.9 Å². The van der Waals surface area contributed by atoms with Gasteiger partial charge in [0.25, 0.3) is 0 Å². The first-order valence-electron chi connectivity index (χ1n) is 5.60. The standard InChI is InChI=1S/C10H14N4O2S/c15-17(16)9-2-1-3-12-10(9)14-5-4-11-6-8(14)7-13-17/h1-3,8,11,13H,4-7H2. The van der Waals surface area contributed by atoms with Crippen molar-refractivity contribution >= 4 is 15.8 Å². The highest BCUT2D eigenvalue weighted by Crippen LogP contribution is 2.26. The predicted octanol–water partition coefficient (Wildman–Crippen LogP) is -0.848. The molecule has 1 saturated heterocycles. The Bertz CT molecular complexity index is 531. The minimum absolute atomic E-state index is 0.134. The molecule has 3 heterocycles. The van der Waals surface area contributed by atoms with Gasteiger partial charge in [0.1, 0.15) is 10.7 Å². The zero-order valence-corrected chi connectivity index (χ0v) is 10.1. The van der Waals surface area contributed by atoms with Gasteiger partial charge in [-0.15, -0.1) is 0 Å². The van der Waals surface area contributed by atoms with Gasteiger partial charge in [0.2, 0.25) is 10.0 Å². The van der Waals surface area contributed by atoms with E-state index in [0.29, 0.717) is 12.4 Å². The number of sulfonamides is 1. The third kappa shape index (κ3) is 1.80. The van der Waals surface area contributed by atoms with Gasteiger partial charge in [-0.05, 0) is 12.1 Å². The van der Waals surface area contributed by atoms with Gasteiger partial charge in [0.05, 0.1) is 6.04 Å². The molecule has 17 heavy (non-hydrogen) atoms. The summed E-state index contributed by atoms with van der Waals surface area (Å²) in [5.74, 6) is 0.573. The van der Waals surface area contributed by atoms with E-state index in [9.17, 15) is 8.42 Å². The van der Waals surface area contributed by atoms with E-state index >= 15 is 0 Å². The molecule has 0 radical (unpaired) electrons. The Balaban J connectivity index is 2.15. The number of anilines is 1. The van der Waals surface area contributed by atoms with Crippen LogP contribution >= 0.6 is 0 Å². The number of fused-ring (bicyclic) bond motifs is 3. The number of rotatable bonds is 0. The summed E-state index contributed by atoms with van der Waals surface area (Å²) in [5, 5.41) is 3.27. The van der Waals surface area contributed by atoms with Gasteiger partial charge >= 0.3 is 0 Å². The van der Waals surface area contributed by atoms with Crippen LogP contribution in [-0.4, -0.2) is 45.6 Å². The van der Waals surface area contributed by atoms with E-state index in [-0.39, 0.29) is 10.9 Å². The van der Waals surface area contributed by atoms with Crippen LogP contribution in [0.4, 0.5) is 5.82 Å². The Kier molecular flexibility index (Phi) is 2.53. The Morgan fingerprint density at radius 2 is 2.29 bits per heavy atom. The molecular weight excluding hydrogens is 240 g/mol. The molecule has 1 unspecified atom stereocenters. The largest absolute Gasteiger partial charge is 0.349 e. The highest BCUT2D eigenvalue weighted by molar-refractivity contribution is 7.89. The summed E-state index contributed by atoms with van der Waals surface area (Å²) in [6.45, 7) is 2.84. The molecule has 7 heteroatoms. The van der Waals surface area contributed by atoms with Crippen molar-refractivity contribution in [3.05, 3.63) is 18.3 Å². The first-order valence-corrected chi connectivity index (χ1v) is 7.09. The molecule has 1 fully saturated rings. The molecule has 2 aliphatic rings. The Labute approximate surface area is 100 Å². The summed E-state index contributed by atoms with van der Waals surface area (Å²) < 4.78 is 26.7. The fraction of sp³-hybridized carbons (Fsp3) is 0.500. The van der Waals surface area contributed by atoms with Gasteiger partial charge < -0.3 is 10.2 Å². The maximum atomic E-state index is 12.0. The zero-order valence-electron chi connectivity index (χ0n) is 9.26. The van der Waals surface area contributed by atoms with Crippen molar-refractivity contribution < 1.29 is 8.42 Å². The lowest BCUT2D eigenvalue weighted by Gasteiger charge is -2.35. The molecule has 92 valence electrons. The van der Waals surface area contributed by atoms with Crippen molar-refractivity contribution in [2.24, 2.45) is 0 Å². The molecule has 0 aromatic carbocycles. The van der Waals surface area contributed by atoms with E-state index < -0.39 is 10.0 Å². The lowest BCUT2D eigenvalue weighted by molar-refractivity contribution is 0.470. The fourth-order valence-corrected chi connectivity index (χ4v) is 3.55. The predicted molar refractivity (Wildman–Crippen MR) is 63.4 cm³/mol. The maximum absolute atomic E-state index is 12.0. The highest BCUT2D eigenvalue weighted by atomic mass is 32.2. The van der Waals surface area contributed by atoms with Crippen LogP contribution in [0, 0.1) is 0 Å². The van der Waals surface area contributed by atoms with Crippen molar-refractivity contribution in [1.29, 1.82) is 0 Å². The first-order chi connectivity index (χ1) is 8.18. The van der Waals surface area contributed by atoms with Crippen LogP contribution < -0.4 is 14.9 Å². The fourth-order valence-electron chi connectivity index (χ4n) is 2.31. The lowest BCUT2D eigenvalue weighted by atomic mass is 10.2. The highest BCUT2D eigenvalue weighted by Gasteiger charge is 2.33. The van der Waals surface area contributed by atoms with Crippen LogP contribution in [0.25, 0.3) is 0 Å². The molecule has 0 spiro atoms.